The molecule has 0 spiro atoms. The van der Waals surface area contributed by atoms with Crippen LogP contribution in [0.2, 0.25) is 0 Å². The summed E-state index contributed by atoms with van der Waals surface area (Å²) in [6.45, 7) is 0.296. The molecule has 0 unspecified atom stereocenters. The van der Waals surface area contributed by atoms with Gasteiger partial charge in [0.15, 0.2) is 9.84 Å². The SMILES string of the molecule is CS(=O)(=O)CC(=O)NCCCC(N)=NO. The van der Waals surface area contributed by atoms with E-state index in [0.717, 1.165) is 6.26 Å². The van der Waals surface area contributed by atoms with Crippen molar-refractivity contribution in [3.8, 4) is 0 Å². The number of nitrogens with zero attached hydrogens (tertiary/aromatic N) is 1. The summed E-state index contributed by atoms with van der Waals surface area (Å²) in [7, 11) is -3.28. The molecule has 8 heteroatoms. The van der Waals surface area contributed by atoms with Gasteiger partial charge in [-0.3, -0.25) is 4.79 Å². The highest BCUT2D eigenvalue weighted by Crippen LogP contribution is 1.87. The van der Waals surface area contributed by atoms with Gasteiger partial charge in [0.05, 0.1) is 0 Å². The van der Waals surface area contributed by atoms with Gasteiger partial charge in [-0.25, -0.2) is 8.42 Å². The quantitative estimate of drug-likeness (QED) is 0.174. The van der Waals surface area contributed by atoms with Crippen molar-refractivity contribution in [2.24, 2.45) is 10.9 Å². The molecule has 0 aliphatic rings. The van der Waals surface area contributed by atoms with Gasteiger partial charge in [-0.05, 0) is 6.42 Å². The Labute approximate surface area is 88.2 Å². The van der Waals surface area contributed by atoms with Crippen molar-refractivity contribution in [1.82, 2.24) is 5.32 Å². The highest BCUT2D eigenvalue weighted by molar-refractivity contribution is 7.91. The zero-order valence-electron chi connectivity index (χ0n) is 8.43. The minimum Gasteiger partial charge on any atom is -0.409 e. The summed E-state index contributed by atoms with van der Waals surface area (Å²) in [5, 5.41) is 13.4. The van der Waals surface area contributed by atoms with Crippen LogP contribution in [-0.2, 0) is 14.6 Å². The van der Waals surface area contributed by atoms with Crippen LogP contribution in [0, 0.1) is 0 Å². The number of amides is 1. The first-order chi connectivity index (χ1) is 6.85. The molecular formula is C7H15N3O4S. The number of nitrogens with two attached hydrogens (primary N) is 1. The van der Waals surface area contributed by atoms with Gasteiger partial charge in [-0.1, -0.05) is 5.16 Å². The van der Waals surface area contributed by atoms with Crippen molar-refractivity contribution in [3.05, 3.63) is 0 Å². The first kappa shape index (κ1) is 13.7. The first-order valence-electron chi connectivity index (χ1n) is 4.26. The van der Waals surface area contributed by atoms with Crippen LogP contribution < -0.4 is 11.1 Å². The van der Waals surface area contributed by atoms with Gasteiger partial charge in [0.2, 0.25) is 5.91 Å². The van der Waals surface area contributed by atoms with E-state index in [-0.39, 0.29) is 5.84 Å². The summed E-state index contributed by atoms with van der Waals surface area (Å²) >= 11 is 0. The van der Waals surface area contributed by atoms with Crippen molar-refractivity contribution in [1.29, 1.82) is 0 Å². The van der Waals surface area contributed by atoms with Crippen molar-refractivity contribution in [2.45, 2.75) is 12.8 Å². The van der Waals surface area contributed by atoms with E-state index in [1.54, 1.807) is 0 Å². The number of amidine groups is 1. The average molecular weight is 237 g/mol. The topological polar surface area (TPSA) is 122 Å². The molecule has 0 aliphatic carbocycles. The fraction of sp³-hybridized carbons (Fsp3) is 0.714. The smallest absolute Gasteiger partial charge is 0.235 e. The molecule has 0 rings (SSSR count). The minimum absolute atomic E-state index is 0.0763. The van der Waals surface area contributed by atoms with E-state index < -0.39 is 21.5 Å². The lowest BCUT2D eigenvalue weighted by molar-refractivity contribution is -0.118. The third-order valence-electron chi connectivity index (χ3n) is 1.45. The molecule has 0 heterocycles. The van der Waals surface area contributed by atoms with Gasteiger partial charge in [0.1, 0.15) is 11.6 Å². The van der Waals surface area contributed by atoms with Crippen molar-refractivity contribution >= 4 is 21.6 Å². The monoisotopic (exact) mass is 237 g/mol. The first-order valence-corrected chi connectivity index (χ1v) is 6.32. The van der Waals surface area contributed by atoms with Crippen LogP contribution in [0.4, 0.5) is 0 Å². The number of hydrogen-bond donors (Lipinski definition) is 3. The summed E-state index contributed by atoms with van der Waals surface area (Å²) in [4.78, 5) is 11.0. The Bertz CT molecular complexity index is 336. The fourth-order valence-electron chi connectivity index (χ4n) is 0.836. The standard InChI is InChI=1S/C7H15N3O4S/c1-15(13,14)5-7(11)9-4-2-3-6(8)10-12/h12H,2-5H2,1H3,(H2,8,10)(H,9,11). The molecule has 0 radical (unpaired) electrons. The minimum atomic E-state index is -3.28. The molecule has 15 heavy (non-hydrogen) atoms. The molecule has 1 amide bonds. The molecule has 0 bridgehead atoms. The number of rotatable bonds is 6. The van der Waals surface area contributed by atoms with Crippen LogP contribution in [0.1, 0.15) is 12.8 Å². The van der Waals surface area contributed by atoms with E-state index in [4.69, 9.17) is 10.9 Å². The van der Waals surface area contributed by atoms with Gasteiger partial charge in [-0.2, -0.15) is 0 Å². The third kappa shape index (κ3) is 9.01. The molecule has 0 aromatic heterocycles. The van der Waals surface area contributed by atoms with Crippen LogP contribution in [0.25, 0.3) is 0 Å². The Hall–Kier alpha value is -1.31. The highest BCUT2D eigenvalue weighted by atomic mass is 32.2. The van der Waals surface area contributed by atoms with Gasteiger partial charge in [0, 0.05) is 19.2 Å². The van der Waals surface area contributed by atoms with Crippen molar-refractivity contribution in [2.75, 3.05) is 18.6 Å². The Morgan fingerprint density at radius 3 is 2.60 bits per heavy atom. The molecule has 4 N–H and O–H groups in total. The molecule has 0 saturated carbocycles. The summed E-state index contributed by atoms with van der Waals surface area (Å²) in [6, 6.07) is 0. The molecular weight excluding hydrogens is 222 g/mol. The molecule has 0 aromatic carbocycles. The maximum Gasteiger partial charge on any atom is 0.235 e. The fourth-order valence-corrected chi connectivity index (χ4v) is 1.41. The lowest BCUT2D eigenvalue weighted by atomic mass is 10.3. The summed E-state index contributed by atoms with van der Waals surface area (Å²) < 4.78 is 21.4. The number of nitrogens with one attached hydrogen (secondary N) is 1. The maximum absolute atomic E-state index is 11.0. The number of oxime groups is 1. The maximum atomic E-state index is 11.0. The molecule has 7 nitrogen and oxygen atoms in total. The number of sulfone groups is 1. The predicted molar refractivity (Wildman–Crippen MR) is 55.4 cm³/mol. The number of carbonyl (C=O) groups excluding carboxylic acids is 1. The van der Waals surface area contributed by atoms with E-state index in [2.05, 4.69) is 10.5 Å². The Morgan fingerprint density at radius 2 is 2.13 bits per heavy atom. The van der Waals surface area contributed by atoms with Gasteiger partial charge in [0.25, 0.3) is 0 Å². The summed E-state index contributed by atoms with van der Waals surface area (Å²) in [5.74, 6) is -0.985. The zero-order valence-corrected chi connectivity index (χ0v) is 9.25. The number of hydrogen-bond acceptors (Lipinski definition) is 5. The molecule has 0 atom stereocenters. The largest absolute Gasteiger partial charge is 0.409 e. The van der Waals surface area contributed by atoms with Crippen molar-refractivity contribution in [3.63, 3.8) is 0 Å². The normalized spacial score (nSPS) is 12.5. The summed E-state index contributed by atoms with van der Waals surface area (Å²) in [5.41, 5.74) is 5.18. The van der Waals surface area contributed by atoms with Gasteiger partial charge >= 0.3 is 0 Å². The molecule has 0 saturated heterocycles. The lowest BCUT2D eigenvalue weighted by Gasteiger charge is -2.03. The van der Waals surface area contributed by atoms with E-state index in [9.17, 15) is 13.2 Å². The summed E-state index contributed by atoms with van der Waals surface area (Å²) in [6.07, 6.45) is 1.82. The van der Waals surface area contributed by atoms with Crippen LogP contribution in [-0.4, -0.2) is 43.9 Å². The second-order valence-electron chi connectivity index (χ2n) is 3.11. The van der Waals surface area contributed by atoms with Crippen LogP contribution in [0.5, 0.6) is 0 Å². The Balaban J connectivity index is 3.66. The molecule has 88 valence electrons. The van der Waals surface area contributed by atoms with E-state index in [1.807, 2.05) is 0 Å². The van der Waals surface area contributed by atoms with Crippen LogP contribution >= 0.6 is 0 Å². The average Bonchev–Trinajstić information content (AvgIpc) is 2.09. The molecule has 0 aromatic rings. The second-order valence-corrected chi connectivity index (χ2v) is 5.26. The van der Waals surface area contributed by atoms with Crippen LogP contribution in [0.3, 0.4) is 0 Å². The van der Waals surface area contributed by atoms with E-state index in [1.165, 1.54) is 0 Å². The van der Waals surface area contributed by atoms with E-state index >= 15 is 0 Å². The van der Waals surface area contributed by atoms with Crippen LogP contribution in [0.15, 0.2) is 5.16 Å². The second kappa shape index (κ2) is 6.23. The van der Waals surface area contributed by atoms with E-state index in [0.29, 0.717) is 19.4 Å². The van der Waals surface area contributed by atoms with Gasteiger partial charge < -0.3 is 16.3 Å². The highest BCUT2D eigenvalue weighted by Gasteiger charge is 2.09. The predicted octanol–water partition coefficient (Wildman–Crippen LogP) is -1.33. The zero-order chi connectivity index (χ0) is 11.9. The Morgan fingerprint density at radius 1 is 1.53 bits per heavy atom. The molecule has 0 fully saturated rings. The Kier molecular flexibility index (Phi) is 5.68. The van der Waals surface area contributed by atoms with Crippen molar-refractivity contribution < 1.29 is 18.4 Å². The third-order valence-corrected chi connectivity index (χ3v) is 2.24. The molecule has 0 aliphatic heterocycles. The van der Waals surface area contributed by atoms with Gasteiger partial charge in [-0.15, -0.1) is 0 Å². The lowest BCUT2D eigenvalue weighted by Crippen LogP contribution is -2.31. The number of carbonyl (C=O) groups is 1.